The Bertz CT molecular complexity index is 2700. The Morgan fingerprint density at radius 3 is 2.32 bits per heavy atom. The Morgan fingerprint density at radius 1 is 0.847 bits per heavy atom. The number of piperazine rings is 1. The first-order valence-corrected chi connectivity index (χ1v) is 19.6. The standard InChI is InChI=1S/C45H45FN8O5/c1-5-8-41(55)50-38-23-31(22-34(28(38)4)42(56)48-25-36-26(2)19-27(3)49-43(36)57)30-12-14-40(47-24-30)53-15-17-54(18-16-53)45(59)35-20-29(11-13-37(35)46)21-39-32-9-6-7-10-33(32)44(58)52-51-39/h6-7,9-14,19-20,22-24H,5,8,15-18,21,25H2,1-4H3,(H,48,56)(H,49,57)(H,50,55)(H,52,58). The number of nitrogens with one attached hydrogen (secondary N) is 4. The minimum absolute atomic E-state index is 0.0255. The van der Waals surface area contributed by atoms with Gasteiger partial charge in [-0.3, -0.25) is 24.0 Å². The van der Waals surface area contributed by atoms with Crippen LogP contribution < -0.4 is 26.7 Å². The summed E-state index contributed by atoms with van der Waals surface area (Å²) in [6, 6.07) is 20.8. The Balaban J connectivity index is 1.04. The van der Waals surface area contributed by atoms with Gasteiger partial charge < -0.3 is 25.4 Å². The molecule has 59 heavy (non-hydrogen) atoms. The van der Waals surface area contributed by atoms with Crippen molar-refractivity contribution in [3.05, 3.63) is 150 Å². The number of nitrogens with zero attached hydrogens (tertiary/aromatic N) is 4. The van der Waals surface area contributed by atoms with Crippen LogP contribution in [0.25, 0.3) is 21.9 Å². The van der Waals surface area contributed by atoms with E-state index in [2.05, 4.69) is 25.8 Å². The number of carbonyl (C=O) groups is 3. The van der Waals surface area contributed by atoms with Crippen molar-refractivity contribution < 1.29 is 18.8 Å². The molecule has 13 nitrogen and oxygen atoms in total. The Hall–Kier alpha value is -6.96. The second-order valence-electron chi connectivity index (χ2n) is 14.8. The second kappa shape index (κ2) is 17.3. The first kappa shape index (κ1) is 40.2. The van der Waals surface area contributed by atoms with Gasteiger partial charge in [0.2, 0.25) is 5.91 Å². The third kappa shape index (κ3) is 8.81. The summed E-state index contributed by atoms with van der Waals surface area (Å²) in [5.74, 6) is -0.889. The van der Waals surface area contributed by atoms with E-state index in [1.54, 1.807) is 55.3 Å². The van der Waals surface area contributed by atoms with Gasteiger partial charge in [-0.2, -0.15) is 5.10 Å². The molecule has 6 aromatic rings. The van der Waals surface area contributed by atoms with Crippen LogP contribution >= 0.6 is 0 Å². The van der Waals surface area contributed by atoms with Crippen molar-refractivity contribution in [2.75, 3.05) is 36.4 Å². The maximum absolute atomic E-state index is 15.1. The highest BCUT2D eigenvalue weighted by atomic mass is 19.1. The number of fused-ring (bicyclic) bond motifs is 1. The van der Waals surface area contributed by atoms with Crippen LogP contribution in [-0.2, 0) is 17.8 Å². The van der Waals surface area contributed by atoms with Crippen LogP contribution in [0, 0.1) is 26.6 Å². The zero-order valence-electron chi connectivity index (χ0n) is 33.4. The Morgan fingerprint density at radius 2 is 1.61 bits per heavy atom. The van der Waals surface area contributed by atoms with Crippen LogP contribution in [0.1, 0.15) is 74.1 Å². The summed E-state index contributed by atoms with van der Waals surface area (Å²) in [5.41, 5.74) is 5.53. The van der Waals surface area contributed by atoms with Gasteiger partial charge >= 0.3 is 0 Å². The summed E-state index contributed by atoms with van der Waals surface area (Å²) < 4.78 is 15.1. The number of aromatic amines is 2. The highest BCUT2D eigenvalue weighted by molar-refractivity contribution is 6.01. The fraction of sp³-hybridized carbons (Fsp3) is 0.267. The molecule has 1 fully saturated rings. The van der Waals surface area contributed by atoms with Crippen LogP contribution in [0.5, 0.6) is 0 Å². The van der Waals surface area contributed by atoms with Crippen LogP contribution in [-0.4, -0.2) is 69.0 Å². The second-order valence-corrected chi connectivity index (χ2v) is 14.8. The average molecular weight is 797 g/mol. The molecule has 0 atom stereocenters. The molecule has 0 spiro atoms. The molecule has 0 aliphatic carbocycles. The van der Waals surface area contributed by atoms with E-state index in [0.29, 0.717) is 107 Å². The van der Waals surface area contributed by atoms with E-state index in [4.69, 9.17) is 4.98 Å². The summed E-state index contributed by atoms with van der Waals surface area (Å²) in [7, 11) is 0. The molecule has 1 aliphatic rings. The van der Waals surface area contributed by atoms with E-state index in [1.165, 1.54) is 6.07 Å². The van der Waals surface area contributed by atoms with Crippen LogP contribution in [0.15, 0.2) is 88.6 Å². The quantitative estimate of drug-likeness (QED) is 0.124. The molecule has 4 heterocycles. The average Bonchev–Trinajstić information content (AvgIpc) is 3.23. The minimum Gasteiger partial charge on any atom is -0.353 e. The number of H-pyrrole nitrogens is 2. The minimum atomic E-state index is -0.612. The highest BCUT2D eigenvalue weighted by Gasteiger charge is 2.26. The normalized spacial score (nSPS) is 12.8. The molecule has 0 radical (unpaired) electrons. The number of benzene rings is 3. The van der Waals surface area contributed by atoms with Crippen molar-refractivity contribution in [1.29, 1.82) is 0 Å². The zero-order chi connectivity index (χ0) is 41.8. The Kier molecular flexibility index (Phi) is 11.8. The summed E-state index contributed by atoms with van der Waals surface area (Å²) in [6.45, 7) is 8.99. The van der Waals surface area contributed by atoms with Crippen LogP contribution in [0.4, 0.5) is 15.9 Å². The predicted octanol–water partition coefficient (Wildman–Crippen LogP) is 5.96. The molecule has 3 aromatic carbocycles. The fourth-order valence-corrected chi connectivity index (χ4v) is 7.45. The molecule has 7 rings (SSSR count). The number of aromatic nitrogens is 4. The number of pyridine rings is 2. The highest BCUT2D eigenvalue weighted by Crippen LogP contribution is 2.30. The van der Waals surface area contributed by atoms with E-state index in [-0.39, 0.29) is 29.1 Å². The van der Waals surface area contributed by atoms with Crippen LogP contribution in [0.3, 0.4) is 0 Å². The van der Waals surface area contributed by atoms with Crippen LogP contribution in [0.2, 0.25) is 0 Å². The van der Waals surface area contributed by atoms with Gasteiger partial charge in [0.1, 0.15) is 11.6 Å². The van der Waals surface area contributed by atoms with Gasteiger partial charge in [-0.05, 0) is 98.0 Å². The first-order valence-electron chi connectivity index (χ1n) is 19.6. The molecule has 3 aromatic heterocycles. The number of anilines is 2. The van der Waals surface area contributed by atoms with Crippen molar-refractivity contribution in [1.82, 2.24) is 30.4 Å². The summed E-state index contributed by atoms with van der Waals surface area (Å²) in [5, 5.41) is 13.8. The van der Waals surface area contributed by atoms with Crippen molar-refractivity contribution in [3.63, 3.8) is 0 Å². The predicted molar refractivity (Wildman–Crippen MR) is 225 cm³/mol. The van der Waals surface area contributed by atoms with E-state index in [1.807, 2.05) is 55.1 Å². The maximum Gasteiger partial charge on any atom is 0.272 e. The van der Waals surface area contributed by atoms with Gasteiger partial charge in [0.15, 0.2) is 0 Å². The summed E-state index contributed by atoms with van der Waals surface area (Å²) >= 11 is 0. The van der Waals surface area contributed by atoms with E-state index >= 15 is 4.39 Å². The molecule has 3 amide bonds. The molecule has 0 saturated carbocycles. The van der Waals surface area contributed by atoms with Gasteiger partial charge in [0, 0.05) is 85.2 Å². The van der Waals surface area contributed by atoms with E-state index < -0.39 is 17.6 Å². The lowest BCUT2D eigenvalue weighted by molar-refractivity contribution is -0.116. The topological polar surface area (TPSA) is 173 Å². The van der Waals surface area contributed by atoms with Gasteiger partial charge in [-0.1, -0.05) is 31.2 Å². The zero-order valence-corrected chi connectivity index (χ0v) is 33.4. The molecule has 1 saturated heterocycles. The van der Waals surface area contributed by atoms with Crippen molar-refractivity contribution in [3.8, 4) is 11.1 Å². The third-order valence-electron chi connectivity index (χ3n) is 10.7. The van der Waals surface area contributed by atoms with Gasteiger partial charge in [0.25, 0.3) is 22.9 Å². The number of amides is 3. The van der Waals surface area contributed by atoms with Crippen molar-refractivity contribution in [2.24, 2.45) is 0 Å². The number of carbonyl (C=O) groups excluding carboxylic acids is 3. The van der Waals surface area contributed by atoms with E-state index in [0.717, 1.165) is 11.3 Å². The smallest absolute Gasteiger partial charge is 0.272 e. The molecule has 14 heteroatoms. The molecule has 302 valence electrons. The Labute approximate surface area is 339 Å². The monoisotopic (exact) mass is 796 g/mol. The fourth-order valence-electron chi connectivity index (χ4n) is 7.45. The number of aryl methyl sites for hydroxylation is 2. The first-order chi connectivity index (χ1) is 28.4. The SMILES string of the molecule is CCCC(=O)Nc1cc(-c2ccc(N3CCN(C(=O)c4cc(Cc5n[nH]c(=O)c6ccccc56)ccc4F)CC3)nc2)cc(C(=O)NCc2c(C)cc(C)[nH]c2=O)c1C. The maximum atomic E-state index is 15.1. The lowest BCUT2D eigenvalue weighted by Crippen LogP contribution is -2.49. The molecule has 0 unspecified atom stereocenters. The summed E-state index contributed by atoms with van der Waals surface area (Å²) in [6.07, 6.45) is 2.99. The number of hydrogen-bond acceptors (Lipinski definition) is 8. The largest absolute Gasteiger partial charge is 0.353 e. The molecule has 0 bridgehead atoms. The number of hydrogen-bond donors (Lipinski definition) is 4. The van der Waals surface area contributed by atoms with Crippen molar-refractivity contribution >= 4 is 40.0 Å². The summed E-state index contributed by atoms with van der Waals surface area (Å²) in [4.78, 5) is 76.0. The lowest BCUT2D eigenvalue weighted by atomic mass is 9.97. The van der Waals surface area contributed by atoms with Gasteiger partial charge in [-0.15, -0.1) is 0 Å². The molecule has 1 aliphatic heterocycles. The number of rotatable bonds is 11. The van der Waals surface area contributed by atoms with E-state index in [9.17, 15) is 24.0 Å². The number of halogens is 1. The van der Waals surface area contributed by atoms with Crippen molar-refractivity contribution in [2.45, 2.75) is 53.5 Å². The van der Waals surface area contributed by atoms with Gasteiger partial charge in [0.05, 0.1) is 16.6 Å². The third-order valence-corrected chi connectivity index (χ3v) is 10.7. The molecule has 4 N–H and O–H groups in total. The molecular formula is C45H45FN8O5. The lowest BCUT2D eigenvalue weighted by Gasteiger charge is -2.35. The molecular weight excluding hydrogens is 752 g/mol. The van der Waals surface area contributed by atoms with Gasteiger partial charge in [-0.25, -0.2) is 14.5 Å².